The first-order chi connectivity index (χ1) is 23.2. The molecule has 5 rings (SSSR count). The average Bonchev–Trinajstić information content (AvgIpc) is 3.11. The maximum absolute atomic E-state index is 15.1. The Kier molecular flexibility index (Phi) is 11.9. The van der Waals surface area contributed by atoms with E-state index in [4.69, 9.17) is 15.1 Å². The number of amides is 1. The number of carbonyl (C=O) groups is 2. The quantitative estimate of drug-likeness (QED) is 0.0741. The number of aromatic hydroxyl groups is 1. The standard InChI is InChI=1S/C34H28F2N6O3.CH2O2/c35-29-16-23(9-10-24(29)17-37)32-27(18-38)34(40-20-28(32)26-2-1-3-30(43)33(26)36)42-14-12-25(13-15-42)39-19-22-6-4-21(5-7-22)8-11-31(44)41-45;2-1-3/h1-11,16,20,25,39,43,45H,12-15,19H2,(H,41,44);1H,(H,2,3)/b11-8+;. The monoisotopic (exact) mass is 652 g/mol. The maximum Gasteiger partial charge on any atom is 0.290 e. The fourth-order valence-corrected chi connectivity index (χ4v) is 5.35. The predicted octanol–water partition coefficient (Wildman–Crippen LogP) is 5.12. The van der Waals surface area contributed by atoms with Gasteiger partial charge in [-0.25, -0.2) is 19.2 Å². The molecule has 2 heterocycles. The summed E-state index contributed by atoms with van der Waals surface area (Å²) in [5, 5.41) is 48.6. The van der Waals surface area contributed by atoms with Gasteiger partial charge in [-0.05, 0) is 53.8 Å². The minimum absolute atomic E-state index is 0.00735. The molecule has 1 aromatic heterocycles. The number of halogens is 2. The largest absolute Gasteiger partial charge is 0.505 e. The predicted molar refractivity (Wildman–Crippen MR) is 172 cm³/mol. The number of carboxylic acid groups (broad SMARTS) is 1. The van der Waals surface area contributed by atoms with Crippen LogP contribution in [0.5, 0.6) is 5.75 Å². The average molecular weight is 653 g/mol. The van der Waals surface area contributed by atoms with E-state index in [0.717, 1.165) is 30.0 Å². The SMILES string of the molecule is N#Cc1ccc(-c2c(-c3cccc(O)c3F)cnc(N3CCC(NCc4ccc(/C=C/C(=O)NO)cc4)CC3)c2C#N)cc1F.O=CO. The van der Waals surface area contributed by atoms with Gasteiger partial charge in [0.1, 0.15) is 29.3 Å². The first-order valence-electron chi connectivity index (χ1n) is 14.6. The van der Waals surface area contributed by atoms with Crippen LogP contribution in [-0.2, 0) is 16.1 Å². The number of rotatable bonds is 8. The van der Waals surface area contributed by atoms with Gasteiger partial charge in [0, 0.05) is 54.6 Å². The molecule has 0 bridgehead atoms. The molecule has 1 amide bonds. The van der Waals surface area contributed by atoms with E-state index in [0.29, 0.717) is 25.5 Å². The molecule has 244 valence electrons. The molecule has 1 saturated heterocycles. The molecule has 1 fully saturated rings. The smallest absolute Gasteiger partial charge is 0.290 e. The summed E-state index contributed by atoms with van der Waals surface area (Å²) in [4.78, 5) is 26.1. The molecule has 4 aromatic rings. The van der Waals surface area contributed by atoms with Gasteiger partial charge < -0.3 is 20.4 Å². The summed E-state index contributed by atoms with van der Waals surface area (Å²) in [5.41, 5.74) is 4.15. The Balaban J connectivity index is 0.00000167. The zero-order valence-electron chi connectivity index (χ0n) is 25.4. The summed E-state index contributed by atoms with van der Waals surface area (Å²) in [5.74, 6) is -2.45. The molecule has 0 spiro atoms. The Hall–Kier alpha value is -6.15. The lowest BCUT2D eigenvalue weighted by atomic mass is 9.91. The molecule has 0 unspecified atom stereocenters. The van der Waals surface area contributed by atoms with Crippen molar-refractivity contribution in [3.05, 3.63) is 107 Å². The van der Waals surface area contributed by atoms with E-state index in [9.17, 15) is 24.8 Å². The topological polar surface area (TPSA) is 183 Å². The van der Waals surface area contributed by atoms with E-state index in [1.54, 1.807) is 17.6 Å². The number of aromatic nitrogens is 1. The van der Waals surface area contributed by atoms with E-state index in [-0.39, 0.29) is 45.9 Å². The second kappa shape index (κ2) is 16.4. The zero-order valence-corrected chi connectivity index (χ0v) is 25.4. The van der Waals surface area contributed by atoms with Crippen LogP contribution >= 0.6 is 0 Å². The summed E-state index contributed by atoms with van der Waals surface area (Å²) < 4.78 is 29.8. The van der Waals surface area contributed by atoms with Gasteiger partial charge in [-0.15, -0.1) is 0 Å². The molecule has 3 aromatic carbocycles. The van der Waals surface area contributed by atoms with Gasteiger partial charge in [-0.2, -0.15) is 10.5 Å². The number of nitriles is 2. The third-order valence-electron chi connectivity index (χ3n) is 7.72. The molecule has 0 aliphatic carbocycles. The molecule has 5 N–H and O–H groups in total. The van der Waals surface area contributed by atoms with E-state index < -0.39 is 23.3 Å². The van der Waals surface area contributed by atoms with Crippen molar-refractivity contribution in [3.63, 3.8) is 0 Å². The van der Waals surface area contributed by atoms with Crippen molar-refractivity contribution in [2.45, 2.75) is 25.4 Å². The molecule has 48 heavy (non-hydrogen) atoms. The van der Waals surface area contributed by atoms with Crippen molar-refractivity contribution < 1.29 is 33.8 Å². The molecule has 1 aliphatic heterocycles. The molecule has 13 heteroatoms. The number of benzene rings is 3. The van der Waals surface area contributed by atoms with Gasteiger partial charge >= 0.3 is 0 Å². The minimum Gasteiger partial charge on any atom is -0.505 e. The second-order valence-electron chi connectivity index (χ2n) is 10.6. The number of carbonyl (C=O) groups excluding carboxylic acids is 1. The first-order valence-corrected chi connectivity index (χ1v) is 14.6. The van der Waals surface area contributed by atoms with Crippen LogP contribution in [0.1, 0.15) is 35.1 Å². The number of hydrogen-bond acceptors (Lipinski definition) is 9. The lowest BCUT2D eigenvalue weighted by Gasteiger charge is -2.34. The molecule has 0 radical (unpaired) electrons. The number of hydrogen-bond donors (Lipinski definition) is 5. The van der Waals surface area contributed by atoms with Gasteiger partial charge in [0.25, 0.3) is 12.4 Å². The number of nitrogens with one attached hydrogen (secondary N) is 2. The van der Waals surface area contributed by atoms with Crippen LogP contribution in [0.4, 0.5) is 14.6 Å². The van der Waals surface area contributed by atoms with Crippen LogP contribution in [0.3, 0.4) is 0 Å². The van der Waals surface area contributed by atoms with Crippen LogP contribution in [-0.4, -0.2) is 51.9 Å². The van der Waals surface area contributed by atoms with Gasteiger partial charge in [0.05, 0.1) is 5.56 Å². The molecule has 0 atom stereocenters. The Morgan fingerprint density at radius 2 is 1.75 bits per heavy atom. The number of piperidine rings is 1. The molecule has 11 nitrogen and oxygen atoms in total. The zero-order chi connectivity index (χ0) is 34.6. The first kappa shape index (κ1) is 34.7. The minimum atomic E-state index is -0.890. The van der Waals surface area contributed by atoms with Crippen molar-refractivity contribution in [1.82, 2.24) is 15.8 Å². The Labute approximate surface area is 274 Å². The molecule has 1 aliphatic rings. The lowest BCUT2D eigenvalue weighted by molar-refractivity contribution is -0.124. The summed E-state index contributed by atoms with van der Waals surface area (Å²) >= 11 is 0. The number of phenolic OH excluding ortho intramolecular Hbond substituents is 1. The fraction of sp³-hybridized carbons (Fsp3) is 0.171. The highest BCUT2D eigenvalue weighted by atomic mass is 19.1. The third-order valence-corrected chi connectivity index (χ3v) is 7.72. The van der Waals surface area contributed by atoms with Crippen molar-refractivity contribution in [1.29, 1.82) is 10.5 Å². The fourth-order valence-electron chi connectivity index (χ4n) is 5.35. The van der Waals surface area contributed by atoms with Gasteiger partial charge in [-0.3, -0.25) is 14.8 Å². The van der Waals surface area contributed by atoms with Crippen molar-refractivity contribution in [3.8, 4) is 40.1 Å². The lowest BCUT2D eigenvalue weighted by Crippen LogP contribution is -2.42. The van der Waals surface area contributed by atoms with Crippen LogP contribution in [0.15, 0.2) is 72.9 Å². The van der Waals surface area contributed by atoms with Crippen molar-refractivity contribution in [2.75, 3.05) is 18.0 Å². The molecular formula is C35H30F2N6O5. The van der Waals surface area contributed by atoms with E-state index in [2.05, 4.69) is 16.4 Å². The summed E-state index contributed by atoms with van der Waals surface area (Å²) in [6, 6.07) is 19.9. The van der Waals surface area contributed by atoms with Crippen molar-refractivity contribution >= 4 is 24.3 Å². The van der Waals surface area contributed by atoms with Gasteiger partial charge in [0.15, 0.2) is 11.6 Å². The van der Waals surface area contributed by atoms with Crippen LogP contribution < -0.4 is 15.7 Å². The number of anilines is 1. The summed E-state index contributed by atoms with van der Waals surface area (Å²) in [6.07, 6.45) is 5.77. The number of pyridine rings is 1. The number of nitrogens with zero attached hydrogens (tertiary/aromatic N) is 4. The summed E-state index contributed by atoms with van der Waals surface area (Å²) in [7, 11) is 0. The number of hydroxylamine groups is 1. The van der Waals surface area contributed by atoms with Crippen LogP contribution in [0, 0.1) is 34.3 Å². The van der Waals surface area contributed by atoms with E-state index in [1.165, 1.54) is 42.6 Å². The van der Waals surface area contributed by atoms with Crippen LogP contribution in [0.2, 0.25) is 0 Å². The van der Waals surface area contributed by atoms with Crippen molar-refractivity contribution in [2.24, 2.45) is 0 Å². The van der Waals surface area contributed by atoms with E-state index >= 15 is 4.39 Å². The van der Waals surface area contributed by atoms with Crippen LogP contribution in [0.25, 0.3) is 28.3 Å². The normalized spacial score (nSPS) is 12.8. The summed E-state index contributed by atoms with van der Waals surface area (Å²) in [6.45, 7) is 1.54. The molecular weight excluding hydrogens is 622 g/mol. The third kappa shape index (κ3) is 8.16. The Morgan fingerprint density at radius 1 is 1.04 bits per heavy atom. The highest BCUT2D eigenvalue weighted by Gasteiger charge is 2.27. The highest BCUT2D eigenvalue weighted by molar-refractivity contribution is 5.91. The number of phenols is 1. The van der Waals surface area contributed by atoms with E-state index in [1.807, 2.05) is 29.2 Å². The highest BCUT2D eigenvalue weighted by Crippen LogP contribution is 2.41. The maximum atomic E-state index is 15.1. The second-order valence-corrected chi connectivity index (χ2v) is 10.6. The molecule has 0 saturated carbocycles. The Morgan fingerprint density at radius 3 is 2.38 bits per heavy atom. The van der Waals surface area contributed by atoms with Gasteiger partial charge in [-0.1, -0.05) is 42.5 Å². The van der Waals surface area contributed by atoms with Gasteiger partial charge in [0.2, 0.25) is 0 Å². The Bertz CT molecular complexity index is 1900.